The zero-order chi connectivity index (χ0) is 14.7. The van der Waals surface area contributed by atoms with E-state index in [2.05, 4.69) is 53.7 Å². The lowest BCUT2D eigenvalue weighted by Crippen LogP contribution is -2.33. The Bertz CT molecular complexity index is 593. The molecule has 2 heterocycles. The van der Waals surface area contributed by atoms with Crippen molar-refractivity contribution in [1.82, 2.24) is 10.3 Å². The second-order valence-corrected chi connectivity index (χ2v) is 6.90. The Balaban J connectivity index is 1.54. The summed E-state index contributed by atoms with van der Waals surface area (Å²) in [6, 6.07) is 8.96. The average Bonchev–Trinajstić information content (AvgIpc) is 3.01. The Labute approximate surface area is 130 Å². The molecule has 2 N–H and O–H groups in total. The van der Waals surface area contributed by atoms with Crippen molar-refractivity contribution in [3.8, 4) is 0 Å². The van der Waals surface area contributed by atoms with Crippen molar-refractivity contribution in [3.05, 3.63) is 45.9 Å². The molecular weight excluding hydrogens is 278 g/mol. The first kappa shape index (κ1) is 14.5. The molecule has 3 nitrogen and oxygen atoms in total. The highest BCUT2D eigenvalue weighted by Crippen LogP contribution is 2.25. The zero-order valence-corrected chi connectivity index (χ0v) is 13.5. The van der Waals surface area contributed by atoms with Gasteiger partial charge in [0, 0.05) is 29.9 Å². The van der Waals surface area contributed by atoms with Gasteiger partial charge in [0.2, 0.25) is 0 Å². The van der Waals surface area contributed by atoms with Gasteiger partial charge in [-0.1, -0.05) is 25.1 Å². The van der Waals surface area contributed by atoms with Crippen LogP contribution < -0.4 is 10.6 Å². The van der Waals surface area contributed by atoms with E-state index in [1.165, 1.54) is 21.1 Å². The number of rotatable bonds is 5. The maximum Gasteiger partial charge on any atom is 0.109 e. The molecule has 1 aromatic carbocycles. The van der Waals surface area contributed by atoms with Crippen LogP contribution in [0.25, 0.3) is 0 Å². The molecule has 0 saturated carbocycles. The number of hydrogen-bond acceptors (Lipinski definition) is 4. The first-order valence-electron chi connectivity index (χ1n) is 7.76. The lowest BCUT2D eigenvalue weighted by Gasteiger charge is -2.27. The molecular formula is C17H23N3S. The summed E-state index contributed by atoms with van der Waals surface area (Å²) in [5, 5.41) is 8.39. The molecule has 2 aromatic rings. The summed E-state index contributed by atoms with van der Waals surface area (Å²) < 4.78 is 0. The van der Waals surface area contributed by atoms with E-state index in [9.17, 15) is 0 Å². The molecule has 112 valence electrons. The second kappa shape index (κ2) is 6.58. The molecule has 1 aliphatic heterocycles. The van der Waals surface area contributed by atoms with Crippen LogP contribution in [-0.2, 0) is 12.8 Å². The summed E-state index contributed by atoms with van der Waals surface area (Å²) >= 11 is 1.83. The number of nitrogens with one attached hydrogen (secondary N) is 2. The molecule has 0 radical (unpaired) electrons. The number of hydrogen-bond donors (Lipinski definition) is 2. The van der Waals surface area contributed by atoms with Crippen LogP contribution in [0.15, 0.2) is 30.5 Å². The highest BCUT2D eigenvalue weighted by atomic mass is 32.1. The fourth-order valence-electron chi connectivity index (χ4n) is 2.77. The average molecular weight is 301 g/mol. The van der Waals surface area contributed by atoms with Gasteiger partial charge in [0.15, 0.2) is 0 Å². The lowest BCUT2D eigenvalue weighted by molar-refractivity contribution is 0.448. The van der Waals surface area contributed by atoms with Crippen LogP contribution in [0.3, 0.4) is 0 Å². The summed E-state index contributed by atoms with van der Waals surface area (Å²) in [5.41, 5.74) is 2.74. The van der Waals surface area contributed by atoms with Crippen LogP contribution in [-0.4, -0.2) is 18.1 Å². The molecule has 21 heavy (non-hydrogen) atoms. The maximum atomic E-state index is 4.53. The van der Waals surface area contributed by atoms with Crippen molar-refractivity contribution in [2.75, 3.05) is 18.4 Å². The number of aryl methyl sites for hydroxylation is 1. The fraction of sp³-hybridized carbons (Fsp3) is 0.471. The van der Waals surface area contributed by atoms with Crippen LogP contribution in [0.5, 0.6) is 0 Å². The van der Waals surface area contributed by atoms with Crippen molar-refractivity contribution in [3.63, 3.8) is 0 Å². The standard InChI is InChI=1S/C17H23N3S/c1-3-15-11-20-17(21-15)12(2)18-9-13-8-14-6-4-5-7-16(14)19-10-13/h4-7,11-13,18-19H,3,8-10H2,1-2H3. The maximum absolute atomic E-state index is 4.53. The van der Waals surface area contributed by atoms with E-state index in [-0.39, 0.29) is 0 Å². The Kier molecular flexibility index (Phi) is 4.56. The Morgan fingerprint density at radius 3 is 3.10 bits per heavy atom. The molecule has 0 bridgehead atoms. The van der Waals surface area contributed by atoms with Gasteiger partial charge in [-0.05, 0) is 37.3 Å². The number of benzene rings is 1. The van der Waals surface area contributed by atoms with E-state index < -0.39 is 0 Å². The third-order valence-corrected chi connectivity index (χ3v) is 5.43. The quantitative estimate of drug-likeness (QED) is 0.885. The molecule has 0 amide bonds. The minimum Gasteiger partial charge on any atom is -0.384 e. The predicted octanol–water partition coefficient (Wildman–Crippen LogP) is 3.64. The summed E-state index contributed by atoms with van der Waals surface area (Å²) in [7, 11) is 0. The van der Waals surface area contributed by atoms with E-state index in [4.69, 9.17) is 0 Å². The molecule has 0 saturated heterocycles. The van der Waals surface area contributed by atoms with Gasteiger partial charge < -0.3 is 10.6 Å². The molecule has 2 atom stereocenters. The number of aromatic nitrogens is 1. The Hall–Kier alpha value is -1.39. The highest BCUT2D eigenvalue weighted by Gasteiger charge is 2.19. The fourth-order valence-corrected chi connectivity index (χ4v) is 3.65. The van der Waals surface area contributed by atoms with E-state index in [1.807, 2.05) is 17.5 Å². The highest BCUT2D eigenvalue weighted by molar-refractivity contribution is 7.11. The van der Waals surface area contributed by atoms with Crippen LogP contribution in [0.2, 0.25) is 0 Å². The van der Waals surface area contributed by atoms with Gasteiger partial charge in [0.05, 0.1) is 6.04 Å². The lowest BCUT2D eigenvalue weighted by atomic mass is 9.94. The minimum atomic E-state index is 0.340. The van der Waals surface area contributed by atoms with Gasteiger partial charge in [-0.3, -0.25) is 0 Å². The Morgan fingerprint density at radius 1 is 1.43 bits per heavy atom. The van der Waals surface area contributed by atoms with Crippen molar-refractivity contribution >= 4 is 17.0 Å². The largest absolute Gasteiger partial charge is 0.384 e. The van der Waals surface area contributed by atoms with Crippen LogP contribution in [0.4, 0.5) is 5.69 Å². The van der Waals surface area contributed by atoms with E-state index in [0.29, 0.717) is 12.0 Å². The SMILES string of the molecule is CCc1cnc(C(C)NCC2CNc3ccccc3C2)s1. The summed E-state index contributed by atoms with van der Waals surface area (Å²) in [6.07, 6.45) is 4.24. The van der Waals surface area contributed by atoms with Gasteiger partial charge in [-0.15, -0.1) is 11.3 Å². The van der Waals surface area contributed by atoms with Gasteiger partial charge in [0.1, 0.15) is 5.01 Å². The van der Waals surface area contributed by atoms with E-state index in [1.54, 1.807) is 0 Å². The van der Waals surface area contributed by atoms with Gasteiger partial charge in [-0.2, -0.15) is 0 Å². The normalized spacial score (nSPS) is 18.9. The molecule has 3 rings (SSSR count). The second-order valence-electron chi connectivity index (χ2n) is 5.76. The number of fused-ring (bicyclic) bond motifs is 1. The van der Waals surface area contributed by atoms with Crippen molar-refractivity contribution in [2.45, 2.75) is 32.7 Å². The summed E-state index contributed by atoms with van der Waals surface area (Å²) in [6.45, 7) is 6.47. The Morgan fingerprint density at radius 2 is 2.29 bits per heavy atom. The monoisotopic (exact) mass is 301 g/mol. The molecule has 0 aliphatic carbocycles. The number of anilines is 1. The molecule has 4 heteroatoms. The number of nitrogens with zero attached hydrogens (tertiary/aromatic N) is 1. The van der Waals surface area contributed by atoms with Crippen molar-refractivity contribution in [2.24, 2.45) is 5.92 Å². The molecule has 1 aliphatic rings. The van der Waals surface area contributed by atoms with Gasteiger partial charge in [0.25, 0.3) is 0 Å². The first-order valence-corrected chi connectivity index (χ1v) is 8.57. The molecule has 1 aromatic heterocycles. The number of thiazole rings is 1. The van der Waals surface area contributed by atoms with Gasteiger partial charge >= 0.3 is 0 Å². The molecule has 2 unspecified atom stereocenters. The third-order valence-electron chi connectivity index (χ3n) is 4.11. The topological polar surface area (TPSA) is 37.0 Å². The summed E-state index contributed by atoms with van der Waals surface area (Å²) in [4.78, 5) is 5.89. The van der Waals surface area contributed by atoms with E-state index >= 15 is 0 Å². The van der Waals surface area contributed by atoms with E-state index in [0.717, 1.165) is 25.9 Å². The van der Waals surface area contributed by atoms with Crippen molar-refractivity contribution in [1.29, 1.82) is 0 Å². The summed E-state index contributed by atoms with van der Waals surface area (Å²) in [5.74, 6) is 0.646. The third kappa shape index (κ3) is 3.44. The first-order chi connectivity index (χ1) is 10.3. The predicted molar refractivity (Wildman–Crippen MR) is 90.0 cm³/mol. The smallest absolute Gasteiger partial charge is 0.109 e. The molecule has 0 spiro atoms. The van der Waals surface area contributed by atoms with Crippen LogP contribution >= 0.6 is 11.3 Å². The van der Waals surface area contributed by atoms with Crippen LogP contribution in [0.1, 0.15) is 35.3 Å². The molecule has 0 fully saturated rings. The van der Waals surface area contributed by atoms with Crippen molar-refractivity contribution < 1.29 is 0 Å². The minimum absolute atomic E-state index is 0.340. The van der Waals surface area contributed by atoms with Gasteiger partial charge in [-0.25, -0.2) is 4.98 Å². The van der Waals surface area contributed by atoms with Crippen LogP contribution in [0, 0.1) is 5.92 Å². The number of para-hydroxylation sites is 1. The zero-order valence-electron chi connectivity index (χ0n) is 12.7.